The third-order valence-electron chi connectivity index (χ3n) is 5.23. The van der Waals surface area contributed by atoms with E-state index in [2.05, 4.69) is 92.7 Å². The molecule has 0 fully saturated rings. The average molecular weight is 336 g/mol. The van der Waals surface area contributed by atoms with Crippen LogP contribution >= 0.6 is 0 Å². The van der Waals surface area contributed by atoms with Crippen molar-refractivity contribution in [3.8, 4) is 11.1 Å². The molecule has 0 unspecified atom stereocenters. The minimum atomic E-state index is 0.462. The lowest BCUT2D eigenvalue weighted by molar-refractivity contribution is 0.668. The molecule has 0 aliphatic rings. The Balaban J connectivity index is 1.77. The molecule has 126 valence electrons. The molecule has 0 radical (unpaired) electrons. The Bertz CT molecular complexity index is 1260. The van der Waals surface area contributed by atoms with Gasteiger partial charge in [-0.25, -0.2) is 0 Å². The molecule has 0 amide bonds. The summed E-state index contributed by atoms with van der Waals surface area (Å²) in [5.74, 6) is 0.462. The zero-order chi connectivity index (χ0) is 17.7. The van der Waals surface area contributed by atoms with Gasteiger partial charge in [-0.2, -0.15) is 0 Å². The van der Waals surface area contributed by atoms with E-state index in [1.165, 1.54) is 38.2 Å². The molecular formula is C25H20O. The van der Waals surface area contributed by atoms with Gasteiger partial charge in [0.25, 0.3) is 0 Å². The van der Waals surface area contributed by atoms with Crippen molar-refractivity contribution in [1.29, 1.82) is 0 Å². The van der Waals surface area contributed by atoms with Crippen molar-refractivity contribution < 1.29 is 4.42 Å². The molecule has 0 atom stereocenters. The molecule has 5 aromatic rings. The first-order chi connectivity index (χ1) is 12.7. The molecule has 0 N–H and O–H groups in total. The second-order valence-corrected chi connectivity index (χ2v) is 7.25. The Morgan fingerprint density at radius 2 is 1.42 bits per heavy atom. The van der Waals surface area contributed by atoms with Gasteiger partial charge in [0.2, 0.25) is 0 Å². The van der Waals surface area contributed by atoms with Crippen molar-refractivity contribution in [1.82, 2.24) is 0 Å². The lowest BCUT2D eigenvalue weighted by atomic mass is 9.95. The maximum Gasteiger partial charge on any atom is 0.135 e. The van der Waals surface area contributed by atoms with Gasteiger partial charge in [-0.3, -0.25) is 0 Å². The molecule has 26 heavy (non-hydrogen) atoms. The topological polar surface area (TPSA) is 13.1 Å². The predicted octanol–water partition coefficient (Wildman–Crippen LogP) is 7.53. The third-order valence-corrected chi connectivity index (χ3v) is 5.23. The summed E-state index contributed by atoms with van der Waals surface area (Å²) in [6.07, 6.45) is 0. The highest BCUT2D eigenvalue weighted by atomic mass is 16.3. The van der Waals surface area contributed by atoms with Gasteiger partial charge >= 0.3 is 0 Å². The summed E-state index contributed by atoms with van der Waals surface area (Å²) < 4.78 is 6.10. The third kappa shape index (κ3) is 2.32. The van der Waals surface area contributed by atoms with Crippen LogP contribution in [-0.4, -0.2) is 0 Å². The smallest absolute Gasteiger partial charge is 0.135 e. The maximum atomic E-state index is 6.10. The van der Waals surface area contributed by atoms with Crippen LogP contribution in [0.2, 0.25) is 0 Å². The van der Waals surface area contributed by atoms with Gasteiger partial charge in [-0.1, -0.05) is 68.4 Å². The van der Waals surface area contributed by atoms with Crippen molar-refractivity contribution in [2.75, 3.05) is 0 Å². The van der Waals surface area contributed by atoms with Crippen LogP contribution in [0.5, 0.6) is 0 Å². The molecule has 0 saturated heterocycles. The normalized spacial score (nSPS) is 11.8. The molecule has 0 bridgehead atoms. The fraction of sp³-hybridized carbons (Fsp3) is 0.120. The van der Waals surface area contributed by atoms with E-state index in [1.54, 1.807) is 0 Å². The quantitative estimate of drug-likeness (QED) is 0.325. The standard InChI is InChI=1S/C25H20O/c1-16(2)21-8-5-9-24-25(21)22-15-20(12-13-23(22)26-24)19-11-10-17-6-3-4-7-18(17)14-19/h3-16H,1-2H3. The summed E-state index contributed by atoms with van der Waals surface area (Å²) in [6, 6.07) is 28.1. The van der Waals surface area contributed by atoms with Crippen LogP contribution in [0.3, 0.4) is 0 Å². The highest BCUT2D eigenvalue weighted by Crippen LogP contribution is 2.37. The van der Waals surface area contributed by atoms with E-state index >= 15 is 0 Å². The van der Waals surface area contributed by atoms with E-state index in [0.29, 0.717) is 5.92 Å². The van der Waals surface area contributed by atoms with Gasteiger partial charge in [0.05, 0.1) is 0 Å². The summed E-state index contributed by atoms with van der Waals surface area (Å²) in [7, 11) is 0. The van der Waals surface area contributed by atoms with Gasteiger partial charge in [0, 0.05) is 10.8 Å². The number of hydrogen-bond acceptors (Lipinski definition) is 1. The fourth-order valence-corrected chi connectivity index (χ4v) is 3.88. The van der Waals surface area contributed by atoms with Crippen LogP contribution in [0.15, 0.2) is 83.3 Å². The molecule has 0 spiro atoms. The summed E-state index contributed by atoms with van der Waals surface area (Å²) in [6.45, 7) is 4.47. The van der Waals surface area contributed by atoms with Gasteiger partial charge in [0.15, 0.2) is 0 Å². The molecule has 4 aromatic carbocycles. The fourth-order valence-electron chi connectivity index (χ4n) is 3.88. The summed E-state index contributed by atoms with van der Waals surface area (Å²) in [5, 5.41) is 4.99. The molecule has 5 rings (SSSR count). The zero-order valence-electron chi connectivity index (χ0n) is 15.0. The monoisotopic (exact) mass is 336 g/mol. The molecule has 0 saturated carbocycles. The minimum Gasteiger partial charge on any atom is -0.456 e. The van der Waals surface area contributed by atoms with Crippen LogP contribution in [0.25, 0.3) is 43.8 Å². The summed E-state index contributed by atoms with van der Waals surface area (Å²) in [5.41, 5.74) is 5.74. The Kier molecular flexibility index (Phi) is 3.36. The van der Waals surface area contributed by atoms with E-state index < -0.39 is 0 Å². The van der Waals surface area contributed by atoms with E-state index in [1.807, 2.05) is 0 Å². The first-order valence-corrected chi connectivity index (χ1v) is 9.15. The Labute approximate surface area is 152 Å². The minimum absolute atomic E-state index is 0.462. The van der Waals surface area contributed by atoms with Gasteiger partial charge < -0.3 is 4.42 Å². The lowest BCUT2D eigenvalue weighted by Crippen LogP contribution is -1.87. The molecule has 1 heterocycles. The molecule has 0 aliphatic heterocycles. The molecule has 1 aromatic heterocycles. The van der Waals surface area contributed by atoms with Gasteiger partial charge in [0.1, 0.15) is 11.2 Å². The zero-order valence-corrected chi connectivity index (χ0v) is 15.0. The van der Waals surface area contributed by atoms with Gasteiger partial charge in [-0.15, -0.1) is 0 Å². The molecule has 1 heteroatoms. The van der Waals surface area contributed by atoms with Crippen LogP contribution in [0.1, 0.15) is 25.3 Å². The highest BCUT2D eigenvalue weighted by Gasteiger charge is 2.14. The molecule has 0 aliphatic carbocycles. The second-order valence-electron chi connectivity index (χ2n) is 7.25. The largest absolute Gasteiger partial charge is 0.456 e. The Hall–Kier alpha value is -3.06. The van der Waals surface area contributed by atoms with Crippen molar-refractivity contribution in [2.24, 2.45) is 0 Å². The van der Waals surface area contributed by atoms with Crippen molar-refractivity contribution in [2.45, 2.75) is 19.8 Å². The van der Waals surface area contributed by atoms with Gasteiger partial charge in [-0.05, 0) is 57.6 Å². The van der Waals surface area contributed by atoms with E-state index in [0.717, 1.165) is 11.2 Å². The second kappa shape index (κ2) is 5.74. The van der Waals surface area contributed by atoms with Crippen LogP contribution in [-0.2, 0) is 0 Å². The van der Waals surface area contributed by atoms with E-state index in [4.69, 9.17) is 4.42 Å². The molecular weight excluding hydrogens is 316 g/mol. The summed E-state index contributed by atoms with van der Waals surface area (Å²) in [4.78, 5) is 0. The van der Waals surface area contributed by atoms with Crippen LogP contribution < -0.4 is 0 Å². The first kappa shape index (κ1) is 15.2. The number of fused-ring (bicyclic) bond motifs is 4. The van der Waals surface area contributed by atoms with Crippen molar-refractivity contribution >= 4 is 32.7 Å². The number of rotatable bonds is 2. The predicted molar refractivity (Wildman–Crippen MR) is 111 cm³/mol. The van der Waals surface area contributed by atoms with Crippen LogP contribution in [0, 0.1) is 0 Å². The Morgan fingerprint density at radius 3 is 2.27 bits per heavy atom. The highest BCUT2D eigenvalue weighted by molar-refractivity contribution is 6.08. The first-order valence-electron chi connectivity index (χ1n) is 9.15. The summed E-state index contributed by atoms with van der Waals surface area (Å²) >= 11 is 0. The van der Waals surface area contributed by atoms with E-state index in [-0.39, 0.29) is 0 Å². The Morgan fingerprint density at radius 1 is 0.654 bits per heavy atom. The SMILES string of the molecule is CC(C)c1cccc2oc3ccc(-c4ccc5ccccc5c4)cc3c12. The lowest BCUT2D eigenvalue weighted by Gasteiger charge is -2.07. The molecule has 1 nitrogen and oxygen atoms in total. The number of benzene rings is 4. The number of hydrogen-bond donors (Lipinski definition) is 0. The van der Waals surface area contributed by atoms with E-state index in [9.17, 15) is 0 Å². The van der Waals surface area contributed by atoms with Crippen molar-refractivity contribution in [3.63, 3.8) is 0 Å². The van der Waals surface area contributed by atoms with Crippen LogP contribution in [0.4, 0.5) is 0 Å². The van der Waals surface area contributed by atoms with Crippen molar-refractivity contribution in [3.05, 3.63) is 84.4 Å². The number of furan rings is 1. The maximum absolute atomic E-state index is 6.10. The average Bonchev–Trinajstić information content (AvgIpc) is 3.05.